The van der Waals surface area contributed by atoms with E-state index >= 15 is 0 Å². The molecule has 0 bridgehead atoms. The molecule has 150 valence electrons. The zero-order valence-electron chi connectivity index (χ0n) is 15.2. The molecule has 9 heteroatoms. The van der Waals surface area contributed by atoms with Crippen molar-refractivity contribution in [2.24, 2.45) is 11.7 Å². The summed E-state index contributed by atoms with van der Waals surface area (Å²) in [6.07, 6.45) is -1.000. The van der Waals surface area contributed by atoms with E-state index in [4.69, 9.17) is 5.73 Å². The van der Waals surface area contributed by atoms with Gasteiger partial charge in [0.2, 0.25) is 11.8 Å². The van der Waals surface area contributed by atoms with Crippen LogP contribution in [-0.4, -0.2) is 46.7 Å². The lowest BCUT2D eigenvalue weighted by molar-refractivity contribution is -0.167. The summed E-state index contributed by atoms with van der Waals surface area (Å²) in [6.45, 7) is 3.70. The fourth-order valence-corrected chi connectivity index (χ4v) is 2.95. The van der Waals surface area contributed by atoms with Crippen LogP contribution in [0, 0.1) is 23.4 Å². The molecule has 27 heavy (non-hydrogen) atoms. The number of amides is 2. The van der Waals surface area contributed by atoms with E-state index in [9.17, 15) is 27.9 Å². The molecule has 6 nitrogen and oxygen atoms in total. The number of nitrogens with zero attached hydrogens (tertiary/aromatic N) is 1. The standard InChI is InChI=1S/C18H24F3N3O3/c1-9(2)18(27)23-8-12-6-17(26)24(12)16(25)5-11(22)3-10-4-14(20)15(21)7-13(10)19/h4,7,9,11-12,17,26H,3,5-6,8,22H2,1-2H3,(H,23,27)/t11-,12+,17?/m1/s1. The van der Waals surface area contributed by atoms with E-state index in [-0.39, 0.29) is 42.8 Å². The van der Waals surface area contributed by atoms with Crippen LogP contribution in [-0.2, 0) is 16.0 Å². The highest BCUT2D eigenvalue weighted by Crippen LogP contribution is 2.25. The number of aliphatic hydroxyl groups is 1. The predicted molar refractivity (Wildman–Crippen MR) is 91.7 cm³/mol. The van der Waals surface area contributed by atoms with Crippen LogP contribution in [0.2, 0.25) is 0 Å². The average molecular weight is 387 g/mol. The van der Waals surface area contributed by atoms with Gasteiger partial charge in [-0.15, -0.1) is 0 Å². The lowest BCUT2D eigenvalue weighted by Gasteiger charge is -2.46. The number of likely N-dealkylation sites (tertiary alicyclic amines) is 1. The number of nitrogens with two attached hydrogens (primary N) is 1. The summed E-state index contributed by atoms with van der Waals surface area (Å²) in [7, 11) is 0. The summed E-state index contributed by atoms with van der Waals surface area (Å²) >= 11 is 0. The molecular formula is C18H24F3N3O3. The molecule has 1 unspecified atom stereocenters. The third-order valence-electron chi connectivity index (χ3n) is 4.53. The molecule has 1 aromatic rings. The van der Waals surface area contributed by atoms with Crippen molar-refractivity contribution >= 4 is 11.8 Å². The first-order chi connectivity index (χ1) is 12.6. The minimum atomic E-state index is -1.30. The van der Waals surface area contributed by atoms with Gasteiger partial charge in [-0.3, -0.25) is 9.59 Å². The first-order valence-corrected chi connectivity index (χ1v) is 8.76. The predicted octanol–water partition coefficient (Wildman–Crippen LogP) is 1.06. The molecule has 1 aromatic carbocycles. The third-order valence-corrected chi connectivity index (χ3v) is 4.53. The number of hydrogen-bond acceptors (Lipinski definition) is 4. The van der Waals surface area contributed by atoms with E-state index in [0.29, 0.717) is 12.5 Å². The zero-order chi connectivity index (χ0) is 20.3. The van der Waals surface area contributed by atoms with Gasteiger partial charge in [-0.05, 0) is 18.1 Å². The van der Waals surface area contributed by atoms with Crippen LogP contribution < -0.4 is 11.1 Å². The van der Waals surface area contributed by atoms with Crippen molar-refractivity contribution in [2.75, 3.05) is 6.54 Å². The Morgan fingerprint density at radius 1 is 1.26 bits per heavy atom. The van der Waals surface area contributed by atoms with Crippen molar-refractivity contribution < 1.29 is 27.9 Å². The first-order valence-electron chi connectivity index (χ1n) is 8.76. The number of hydrogen-bond donors (Lipinski definition) is 3. The van der Waals surface area contributed by atoms with Gasteiger partial charge in [0.1, 0.15) is 12.0 Å². The molecule has 2 rings (SSSR count). The molecule has 1 saturated heterocycles. The molecule has 0 aliphatic carbocycles. The zero-order valence-corrected chi connectivity index (χ0v) is 15.2. The topological polar surface area (TPSA) is 95.7 Å². The second-order valence-corrected chi connectivity index (χ2v) is 7.10. The lowest BCUT2D eigenvalue weighted by Crippen LogP contribution is -2.62. The minimum absolute atomic E-state index is 0.126. The highest BCUT2D eigenvalue weighted by molar-refractivity contribution is 5.79. The molecule has 3 atom stereocenters. The van der Waals surface area contributed by atoms with E-state index in [1.807, 2.05) is 0 Å². The molecule has 0 aromatic heterocycles. The van der Waals surface area contributed by atoms with Gasteiger partial charge < -0.3 is 21.1 Å². The summed E-state index contributed by atoms with van der Waals surface area (Å²) in [6, 6.07) is -0.0261. The van der Waals surface area contributed by atoms with Crippen molar-refractivity contribution in [1.82, 2.24) is 10.2 Å². The lowest BCUT2D eigenvalue weighted by atomic mass is 9.97. The summed E-state index contributed by atoms with van der Waals surface area (Å²) in [5.41, 5.74) is 5.73. The van der Waals surface area contributed by atoms with Crippen LogP contribution in [0.4, 0.5) is 13.2 Å². The van der Waals surface area contributed by atoms with Gasteiger partial charge >= 0.3 is 0 Å². The Morgan fingerprint density at radius 2 is 1.89 bits per heavy atom. The second-order valence-electron chi connectivity index (χ2n) is 7.10. The van der Waals surface area contributed by atoms with E-state index in [2.05, 4.69) is 5.32 Å². The first kappa shape index (κ1) is 21.2. The van der Waals surface area contributed by atoms with Crippen LogP contribution in [0.15, 0.2) is 12.1 Å². The molecule has 1 heterocycles. The van der Waals surface area contributed by atoms with Crippen LogP contribution in [0.3, 0.4) is 0 Å². The Labute approximate surface area is 155 Å². The van der Waals surface area contributed by atoms with Gasteiger partial charge in [-0.1, -0.05) is 13.8 Å². The Balaban J connectivity index is 1.91. The molecular weight excluding hydrogens is 363 g/mol. The number of benzene rings is 1. The maximum atomic E-state index is 13.7. The number of rotatable bonds is 7. The Hall–Kier alpha value is -2.13. The fraction of sp³-hybridized carbons (Fsp3) is 0.556. The quantitative estimate of drug-likeness (QED) is 0.610. The van der Waals surface area contributed by atoms with Crippen molar-refractivity contribution in [1.29, 1.82) is 0 Å². The van der Waals surface area contributed by atoms with Crippen LogP contribution in [0.1, 0.15) is 32.3 Å². The molecule has 1 aliphatic rings. The molecule has 1 aliphatic heterocycles. The van der Waals surface area contributed by atoms with Crippen LogP contribution in [0.25, 0.3) is 0 Å². The molecule has 0 radical (unpaired) electrons. The highest BCUT2D eigenvalue weighted by atomic mass is 19.2. The van der Waals surface area contributed by atoms with Gasteiger partial charge in [0.25, 0.3) is 0 Å². The fourth-order valence-electron chi connectivity index (χ4n) is 2.95. The minimum Gasteiger partial charge on any atom is -0.373 e. The molecule has 1 fully saturated rings. The van der Waals surface area contributed by atoms with Crippen molar-refractivity contribution in [3.05, 3.63) is 35.1 Å². The second kappa shape index (κ2) is 8.71. The monoisotopic (exact) mass is 387 g/mol. The van der Waals surface area contributed by atoms with Crippen molar-refractivity contribution in [3.63, 3.8) is 0 Å². The number of aliphatic hydroxyl groups excluding tert-OH is 1. The Kier molecular flexibility index (Phi) is 6.83. The summed E-state index contributed by atoms with van der Waals surface area (Å²) in [5.74, 6) is -4.23. The molecule has 4 N–H and O–H groups in total. The third kappa shape index (κ3) is 5.20. The van der Waals surface area contributed by atoms with Gasteiger partial charge in [0.05, 0.1) is 6.04 Å². The summed E-state index contributed by atoms with van der Waals surface area (Å²) in [5, 5.41) is 12.5. The van der Waals surface area contributed by atoms with E-state index in [1.165, 1.54) is 4.90 Å². The number of carbonyl (C=O) groups excluding carboxylic acids is 2. The van der Waals surface area contributed by atoms with Gasteiger partial charge in [-0.2, -0.15) is 0 Å². The van der Waals surface area contributed by atoms with Gasteiger partial charge in [-0.25, -0.2) is 13.2 Å². The van der Waals surface area contributed by atoms with Crippen molar-refractivity contribution in [3.8, 4) is 0 Å². The normalized spacial score (nSPS) is 20.4. The highest BCUT2D eigenvalue weighted by Gasteiger charge is 2.40. The number of halogens is 3. The van der Waals surface area contributed by atoms with Crippen LogP contribution >= 0.6 is 0 Å². The molecule has 0 saturated carbocycles. The van der Waals surface area contributed by atoms with Gasteiger partial charge in [0.15, 0.2) is 11.6 Å². The molecule has 2 amide bonds. The van der Waals surface area contributed by atoms with Gasteiger partial charge in [0, 0.05) is 37.4 Å². The van der Waals surface area contributed by atoms with E-state index < -0.39 is 35.6 Å². The largest absolute Gasteiger partial charge is 0.373 e. The summed E-state index contributed by atoms with van der Waals surface area (Å²) < 4.78 is 39.9. The summed E-state index contributed by atoms with van der Waals surface area (Å²) in [4.78, 5) is 25.2. The maximum absolute atomic E-state index is 13.7. The molecule has 0 spiro atoms. The SMILES string of the molecule is CC(C)C(=O)NC[C@@H]1CC(O)N1C(=O)C[C@H](N)Cc1cc(F)c(F)cc1F. The van der Waals surface area contributed by atoms with Crippen molar-refractivity contribution in [2.45, 2.75) is 51.4 Å². The maximum Gasteiger partial charge on any atom is 0.226 e. The number of carbonyl (C=O) groups is 2. The smallest absolute Gasteiger partial charge is 0.226 e. The Bertz CT molecular complexity index is 715. The van der Waals surface area contributed by atoms with E-state index in [0.717, 1.165) is 6.07 Å². The van der Waals surface area contributed by atoms with Crippen LogP contribution in [0.5, 0.6) is 0 Å². The number of nitrogens with one attached hydrogen (secondary N) is 1. The van der Waals surface area contributed by atoms with E-state index in [1.54, 1.807) is 13.8 Å². The Morgan fingerprint density at radius 3 is 2.48 bits per heavy atom. The average Bonchev–Trinajstić information content (AvgIpc) is 2.55.